The lowest BCUT2D eigenvalue weighted by Gasteiger charge is -2.16. The van der Waals surface area contributed by atoms with E-state index in [-0.39, 0.29) is 16.3 Å². The summed E-state index contributed by atoms with van der Waals surface area (Å²) in [6, 6.07) is 3.42. The summed E-state index contributed by atoms with van der Waals surface area (Å²) in [5.74, 6) is 0.787. The summed E-state index contributed by atoms with van der Waals surface area (Å²) in [7, 11) is -3.84. The van der Waals surface area contributed by atoms with Gasteiger partial charge in [0.1, 0.15) is 4.90 Å². The van der Waals surface area contributed by atoms with Gasteiger partial charge in [-0.15, -0.1) is 0 Å². The quantitative estimate of drug-likeness (QED) is 0.489. The molecule has 3 N–H and O–H groups in total. The second-order valence-electron chi connectivity index (χ2n) is 5.50. The molecule has 0 radical (unpaired) electrons. The number of nitro benzene ring substituents is 1. The molecule has 0 amide bonds. The topological polar surface area (TPSA) is 115 Å². The van der Waals surface area contributed by atoms with Gasteiger partial charge in [-0.25, -0.2) is 13.1 Å². The first-order valence-electron chi connectivity index (χ1n) is 6.85. The van der Waals surface area contributed by atoms with Gasteiger partial charge in [-0.05, 0) is 24.3 Å². The molecule has 2 atom stereocenters. The predicted octanol–water partition coefficient (Wildman–Crippen LogP) is 1.89. The number of non-ortho nitro benzene ring substituents is 1. The number of anilines is 1. The van der Waals surface area contributed by atoms with Gasteiger partial charge in [-0.2, -0.15) is 0 Å². The zero-order valence-corrected chi connectivity index (χ0v) is 12.6. The third-order valence-corrected chi connectivity index (χ3v) is 5.55. The lowest BCUT2D eigenvalue weighted by Crippen LogP contribution is -2.30. The van der Waals surface area contributed by atoms with E-state index in [1.807, 2.05) is 0 Å². The van der Waals surface area contributed by atoms with E-state index in [1.54, 1.807) is 0 Å². The number of nitrogens with two attached hydrogens (primary N) is 1. The van der Waals surface area contributed by atoms with Crippen LogP contribution in [-0.2, 0) is 10.0 Å². The predicted molar refractivity (Wildman–Crippen MR) is 79.2 cm³/mol. The van der Waals surface area contributed by atoms with Crippen LogP contribution < -0.4 is 10.5 Å². The molecule has 1 aliphatic carbocycles. The van der Waals surface area contributed by atoms with Gasteiger partial charge >= 0.3 is 0 Å². The summed E-state index contributed by atoms with van der Waals surface area (Å²) in [5.41, 5.74) is 5.36. The van der Waals surface area contributed by atoms with Crippen LogP contribution in [0, 0.1) is 22.0 Å². The average molecular weight is 313 g/mol. The van der Waals surface area contributed by atoms with Crippen molar-refractivity contribution in [3.63, 3.8) is 0 Å². The minimum Gasteiger partial charge on any atom is -0.398 e. The Morgan fingerprint density at radius 1 is 1.43 bits per heavy atom. The van der Waals surface area contributed by atoms with Gasteiger partial charge in [0.25, 0.3) is 5.69 Å². The number of nitrogens with zero attached hydrogens (tertiary/aromatic N) is 1. The molecule has 8 heteroatoms. The largest absolute Gasteiger partial charge is 0.398 e. The van der Waals surface area contributed by atoms with Crippen molar-refractivity contribution in [3.8, 4) is 0 Å². The lowest BCUT2D eigenvalue weighted by atomic mass is 9.99. The fraction of sp³-hybridized carbons (Fsp3) is 0.538. The molecule has 21 heavy (non-hydrogen) atoms. The van der Waals surface area contributed by atoms with Crippen LogP contribution in [0.3, 0.4) is 0 Å². The first-order chi connectivity index (χ1) is 9.81. The van der Waals surface area contributed by atoms with Gasteiger partial charge in [0.05, 0.1) is 10.6 Å². The number of benzene rings is 1. The molecular weight excluding hydrogens is 294 g/mol. The molecule has 2 rings (SSSR count). The van der Waals surface area contributed by atoms with Gasteiger partial charge in [0.2, 0.25) is 10.0 Å². The molecule has 0 spiro atoms. The Balaban J connectivity index is 2.19. The molecule has 1 saturated carbocycles. The van der Waals surface area contributed by atoms with Crippen LogP contribution in [0.2, 0.25) is 0 Å². The molecule has 116 valence electrons. The summed E-state index contributed by atoms with van der Waals surface area (Å²) < 4.78 is 27.1. The Hall–Kier alpha value is -1.67. The van der Waals surface area contributed by atoms with Crippen molar-refractivity contribution in [1.29, 1.82) is 0 Å². The standard InChI is InChI=1S/C13H19N3O4S/c1-9-3-2-4-10(9)8-15-21(19,20)13-7-11(16(17)18)5-6-12(13)14/h5-7,9-10,15H,2-4,8,14H2,1H3. The number of nitrogen functional groups attached to an aromatic ring is 1. The maximum atomic E-state index is 12.3. The highest BCUT2D eigenvalue weighted by atomic mass is 32.2. The Labute approximate surface area is 123 Å². The Kier molecular flexibility index (Phi) is 4.48. The molecule has 2 unspecified atom stereocenters. The summed E-state index contributed by atoms with van der Waals surface area (Å²) in [4.78, 5) is 9.88. The number of rotatable bonds is 5. The highest BCUT2D eigenvalue weighted by molar-refractivity contribution is 7.89. The smallest absolute Gasteiger partial charge is 0.270 e. The van der Waals surface area contributed by atoms with Crippen LogP contribution in [0.1, 0.15) is 26.2 Å². The van der Waals surface area contributed by atoms with Crippen molar-refractivity contribution in [2.24, 2.45) is 11.8 Å². The Morgan fingerprint density at radius 2 is 2.14 bits per heavy atom. The van der Waals surface area contributed by atoms with Crippen molar-refractivity contribution in [2.75, 3.05) is 12.3 Å². The Morgan fingerprint density at radius 3 is 2.71 bits per heavy atom. The second-order valence-corrected chi connectivity index (χ2v) is 7.23. The van der Waals surface area contributed by atoms with E-state index in [0.29, 0.717) is 18.4 Å². The number of sulfonamides is 1. The van der Waals surface area contributed by atoms with Gasteiger partial charge in [0.15, 0.2) is 0 Å². The van der Waals surface area contributed by atoms with Crippen molar-refractivity contribution in [2.45, 2.75) is 31.1 Å². The van der Waals surface area contributed by atoms with E-state index in [0.717, 1.165) is 25.3 Å². The number of hydrogen-bond acceptors (Lipinski definition) is 5. The van der Waals surface area contributed by atoms with Crippen molar-refractivity contribution >= 4 is 21.4 Å². The van der Waals surface area contributed by atoms with Crippen molar-refractivity contribution in [1.82, 2.24) is 4.72 Å². The molecule has 0 aliphatic heterocycles. The van der Waals surface area contributed by atoms with Crippen LogP contribution in [0.4, 0.5) is 11.4 Å². The van der Waals surface area contributed by atoms with Crippen LogP contribution in [0.15, 0.2) is 23.1 Å². The fourth-order valence-electron chi connectivity index (χ4n) is 2.69. The molecular formula is C13H19N3O4S. The summed E-state index contributed by atoms with van der Waals surface area (Å²) in [5, 5.41) is 10.8. The van der Waals surface area contributed by atoms with Crippen molar-refractivity contribution < 1.29 is 13.3 Å². The van der Waals surface area contributed by atoms with Crippen LogP contribution in [0.5, 0.6) is 0 Å². The highest BCUT2D eigenvalue weighted by Gasteiger charge is 2.27. The van der Waals surface area contributed by atoms with E-state index in [4.69, 9.17) is 5.73 Å². The molecule has 1 aromatic carbocycles. The SMILES string of the molecule is CC1CCCC1CNS(=O)(=O)c1cc([N+](=O)[O-])ccc1N. The minimum absolute atomic E-state index is 0.00701. The lowest BCUT2D eigenvalue weighted by molar-refractivity contribution is -0.385. The molecule has 1 aromatic rings. The number of nitrogens with one attached hydrogen (secondary N) is 1. The third kappa shape index (κ3) is 3.51. The zero-order valence-electron chi connectivity index (χ0n) is 11.8. The summed E-state index contributed by atoms with van der Waals surface area (Å²) >= 11 is 0. The minimum atomic E-state index is -3.84. The maximum Gasteiger partial charge on any atom is 0.270 e. The monoisotopic (exact) mass is 313 g/mol. The molecule has 0 aromatic heterocycles. The average Bonchev–Trinajstić information content (AvgIpc) is 2.82. The first-order valence-corrected chi connectivity index (χ1v) is 8.33. The fourth-order valence-corrected chi connectivity index (χ4v) is 3.93. The Bertz CT molecular complexity index is 645. The van der Waals surface area contributed by atoms with E-state index in [2.05, 4.69) is 11.6 Å². The summed E-state index contributed by atoms with van der Waals surface area (Å²) in [6.07, 6.45) is 3.20. The molecule has 0 bridgehead atoms. The maximum absolute atomic E-state index is 12.3. The van der Waals surface area contributed by atoms with Gasteiger partial charge in [0, 0.05) is 18.7 Å². The second kappa shape index (κ2) is 5.98. The first kappa shape index (κ1) is 15.7. The van der Waals surface area contributed by atoms with Gasteiger partial charge < -0.3 is 5.73 Å². The molecule has 0 heterocycles. The normalized spacial score (nSPS) is 22.3. The van der Waals surface area contributed by atoms with Crippen LogP contribution >= 0.6 is 0 Å². The molecule has 1 fully saturated rings. The van der Waals surface area contributed by atoms with Crippen LogP contribution in [0.25, 0.3) is 0 Å². The van der Waals surface area contributed by atoms with Crippen molar-refractivity contribution in [3.05, 3.63) is 28.3 Å². The van der Waals surface area contributed by atoms with Crippen LogP contribution in [-0.4, -0.2) is 19.9 Å². The van der Waals surface area contributed by atoms with E-state index in [9.17, 15) is 18.5 Å². The molecule has 1 aliphatic rings. The van der Waals surface area contributed by atoms with Gasteiger partial charge in [-0.3, -0.25) is 10.1 Å². The zero-order chi connectivity index (χ0) is 15.6. The van der Waals surface area contributed by atoms with Gasteiger partial charge in [-0.1, -0.05) is 19.8 Å². The number of hydrogen-bond donors (Lipinski definition) is 2. The third-order valence-electron chi connectivity index (χ3n) is 4.07. The number of nitro groups is 1. The van der Waals surface area contributed by atoms with E-state index in [1.165, 1.54) is 12.1 Å². The van der Waals surface area contributed by atoms with E-state index < -0.39 is 14.9 Å². The van der Waals surface area contributed by atoms with E-state index >= 15 is 0 Å². The summed E-state index contributed by atoms with van der Waals surface area (Å²) in [6.45, 7) is 2.44. The molecule has 0 saturated heterocycles. The highest BCUT2D eigenvalue weighted by Crippen LogP contribution is 2.31. The molecule has 7 nitrogen and oxygen atoms in total.